The molecule has 136 valence electrons. The van der Waals surface area contributed by atoms with Crippen LogP contribution >= 0.6 is 11.3 Å². The zero-order valence-electron chi connectivity index (χ0n) is 15.4. The lowest BCUT2D eigenvalue weighted by Gasteiger charge is -2.20. The first kappa shape index (κ1) is 18.1. The molecule has 0 aliphatic heterocycles. The molecule has 0 radical (unpaired) electrons. The van der Waals surface area contributed by atoms with Crippen molar-refractivity contribution in [2.45, 2.75) is 33.4 Å². The summed E-state index contributed by atoms with van der Waals surface area (Å²) < 4.78 is 1.78. The van der Waals surface area contributed by atoms with Crippen molar-refractivity contribution >= 4 is 28.4 Å². The van der Waals surface area contributed by atoms with Crippen LogP contribution in [0.3, 0.4) is 0 Å². The van der Waals surface area contributed by atoms with Crippen LogP contribution in [-0.4, -0.2) is 31.5 Å². The second-order valence-corrected chi connectivity index (χ2v) is 7.31. The number of nitrogens with zero attached hydrogens (tertiary/aromatic N) is 4. The first-order chi connectivity index (χ1) is 12.4. The minimum atomic E-state index is 0.222. The quantitative estimate of drug-likeness (QED) is 0.552. The fraction of sp³-hybridized carbons (Fsp3) is 0.333. The van der Waals surface area contributed by atoms with Crippen molar-refractivity contribution in [1.29, 1.82) is 5.41 Å². The average Bonchev–Trinajstić information content (AvgIpc) is 3.24. The largest absolute Gasteiger partial charge is 0.379 e. The van der Waals surface area contributed by atoms with E-state index in [-0.39, 0.29) is 6.04 Å². The molecule has 0 aromatic carbocycles. The molecule has 0 bridgehead atoms. The van der Waals surface area contributed by atoms with Crippen LogP contribution in [0.5, 0.6) is 0 Å². The lowest BCUT2D eigenvalue weighted by atomic mass is 10.1. The van der Waals surface area contributed by atoms with Crippen LogP contribution in [-0.2, 0) is 13.6 Å². The van der Waals surface area contributed by atoms with Crippen molar-refractivity contribution in [3.63, 3.8) is 0 Å². The third-order valence-electron chi connectivity index (χ3n) is 3.70. The van der Waals surface area contributed by atoms with Gasteiger partial charge in [-0.3, -0.25) is 4.68 Å². The van der Waals surface area contributed by atoms with Crippen molar-refractivity contribution in [2.75, 3.05) is 10.6 Å². The highest BCUT2D eigenvalue weighted by atomic mass is 32.1. The number of thiazole rings is 1. The Bertz CT molecular complexity index is 896. The Balaban J connectivity index is 2.03. The van der Waals surface area contributed by atoms with E-state index in [9.17, 15) is 0 Å². The molecule has 3 heterocycles. The van der Waals surface area contributed by atoms with Crippen LogP contribution in [0.4, 0.5) is 11.4 Å². The molecule has 0 atom stereocenters. The first-order valence-corrected chi connectivity index (χ1v) is 9.30. The molecule has 0 saturated heterocycles. The molecule has 3 N–H and O–H groups in total. The number of anilines is 2. The van der Waals surface area contributed by atoms with Crippen LogP contribution in [0.25, 0.3) is 10.7 Å². The van der Waals surface area contributed by atoms with Gasteiger partial charge in [-0.1, -0.05) is 0 Å². The maximum atomic E-state index is 8.18. The molecule has 26 heavy (non-hydrogen) atoms. The predicted molar refractivity (Wildman–Crippen MR) is 107 cm³/mol. The molecular weight excluding hydrogens is 346 g/mol. The van der Waals surface area contributed by atoms with Gasteiger partial charge in [-0.05, 0) is 26.8 Å². The second kappa shape index (κ2) is 7.65. The van der Waals surface area contributed by atoms with Crippen molar-refractivity contribution in [1.82, 2.24) is 19.7 Å². The zero-order valence-corrected chi connectivity index (χ0v) is 16.2. The molecule has 3 rings (SSSR count). The minimum Gasteiger partial charge on any atom is -0.379 e. The summed E-state index contributed by atoms with van der Waals surface area (Å²) >= 11 is 1.54. The highest BCUT2D eigenvalue weighted by Crippen LogP contribution is 2.32. The second-order valence-electron chi connectivity index (χ2n) is 6.42. The van der Waals surface area contributed by atoms with E-state index in [1.807, 2.05) is 30.9 Å². The minimum absolute atomic E-state index is 0.222. The molecule has 0 spiro atoms. The molecule has 0 amide bonds. The fourth-order valence-corrected chi connectivity index (χ4v) is 3.21. The lowest BCUT2D eigenvalue weighted by Crippen LogP contribution is -2.17. The van der Waals surface area contributed by atoms with Crippen LogP contribution in [0.15, 0.2) is 30.0 Å². The monoisotopic (exact) mass is 369 g/mol. The summed E-state index contributed by atoms with van der Waals surface area (Å²) in [5.74, 6) is 0. The fourth-order valence-electron chi connectivity index (χ4n) is 2.61. The Kier molecular flexibility index (Phi) is 5.32. The van der Waals surface area contributed by atoms with E-state index in [0.29, 0.717) is 18.0 Å². The summed E-state index contributed by atoms with van der Waals surface area (Å²) in [5, 5.41) is 22.1. The van der Waals surface area contributed by atoms with Crippen molar-refractivity contribution < 1.29 is 0 Å². The summed E-state index contributed by atoms with van der Waals surface area (Å²) in [6.07, 6.45) is 5.59. The van der Waals surface area contributed by atoms with Gasteiger partial charge in [0.05, 0.1) is 23.3 Å². The van der Waals surface area contributed by atoms with Gasteiger partial charge in [-0.15, -0.1) is 11.3 Å². The number of pyridine rings is 1. The lowest BCUT2D eigenvalue weighted by molar-refractivity contribution is 0.767. The molecule has 0 unspecified atom stereocenters. The van der Waals surface area contributed by atoms with Crippen LogP contribution in [0, 0.1) is 5.41 Å². The third-order valence-corrected chi connectivity index (χ3v) is 4.50. The Morgan fingerprint density at radius 2 is 2.19 bits per heavy atom. The molecule has 0 aliphatic carbocycles. The molecule has 0 saturated carbocycles. The molecule has 0 fully saturated rings. The summed E-state index contributed by atoms with van der Waals surface area (Å²) in [4.78, 5) is 9.06. The van der Waals surface area contributed by atoms with Gasteiger partial charge < -0.3 is 16.0 Å². The van der Waals surface area contributed by atoms with E-state index in [4.69, 9.17) is 10.4 Å². The van der Waals surface area contributed by atoms with Gasteiger partial charge in [0, 0.05) is 43.0 Å². The summed E-state index contributed by atoms with van der Waals surface area (Å²) in [6, 6.07) is 2.21. The van der Waals surface area contributed by atoms with E-state index in [1.54, 1.807) is 17.8 Å². The van der Waals surface area contributed by atoms with Crippen molar-refractivity contribution in [3.8, 4) is 10.7 Å². The molecule has 7 nitrogen and oxygen atoms in total. The first-order valence-electron chi connectivity index (χ1n) is 8.42. The number of aromatic nitrogens is 4. The number of hydrogen-bond donors (Lipinski definition) is 3. The Labute approximate surface area is 157 Å². The molecule has 8 heteroatoms. The maximum absolute atomic E-state index is 8.18. The molecule has 3 aromatic rings. The average molecular weight is 369 g/mol. The topological polar surface area (TPSA) is 91.5 Å². The highest BCUT2D eigenvalue weighted by Gasteiger charge is 2.17. The predicted octanol–water partition coefficient (Wildman–Crippen LogP) is 3.76. The number of hydrogen-bond acceptors (Lipinski definition) is 7. The van der Waals surface area contributed by atoms with Gasteiger partial charge in [-0.25, -0.2) is 9.97 Å². The Hall–Kier alpha value is -2.74. The third kappa shape index (κ3) is 4.08. The van der Waals surface area contributed by atoms with Gasteiger partial charge in [-0.2, -0.15) is 5.10 Å². The van der Waals surface area contributed by atoms with Crippen molar-refractivity contribution in [2.24, 2.45) is 7.05 Å². The molecule has 0 aliphatic rings. The number of rotatable bonds is 7. The SMILES string of the molecule is CC(=N)c1nc(-c2nccs2)cc(NCc2cnn(C)c2)c1NC(C)C. The van der Waals surface area contributed by atoms with Crippen LogP contribution in [0.2, 0.25) is 0 Å². The van der Waals surface area contributed by atoms with Gasteiger partial charge in [0.25, 0.3) is 0 Å². The van der Waals surface area contributed by atoms with Gasteiger partial charge in [0.15, 0.2) is 0 Å². The van der Waals surface area contributed by atoms with Crippen molar-refractivity contribution in [3.05, 3.63) is 41.3 Å². The Morgan fingerprint density at radius 1 is 1.38 bits per heavy atom. The summed E-state index contributed by atoms with van der Waals surface area (Å²) in [6.45, 7) is 6.54. The van der Waals surface area contributed by atoms with Crippen LogP contribution < -0.4 is 10.6 Å². The van der Waals surface area contributed by atoms with E-state index < -0.39 is 0 Å². The maximum Gasteiger partial charge on any atom is 0.141 e. The smallest absolute Gasteiger partial charge is 0.141 e. The van der Waals surface area contributed by atoms with Gasteiger partial charge in [0.1, 0.15) is 16.4 Å². The van der Waals surface area contributed by atoms with E-state index in [0.717, 1.165) is 27.6 Å². The summed E-state index contributed by atoms with van der Waals surface area (Å²) in [7, 11) is 1.90. The van der Waals surface area contributed by atoms with Crippen LogP contribution in [0.1, 0.15) is 32.0 Å². The van der Waals surface area contributed by atoms with E-state index >= 15 is 0 Å². The Morgan fingerprint density at radius 3 is 2.77 bits per heavy atom. The van der Waals surface area contributed by atoms with E-state index in [2.05, 4.69) is 34.6 Å². The summed E-state index contributed by atoms with van der Waals surface area (Å²) in [5.41, 5.74) is 4.66. The van der Waals surface area contributed by atoms with Gasteiger partial charge in [0.2, 0.25) is 0 Å². The molecule has 3 aromatic heterocycles. The normalized spacial score (nSPS) is 11.0. The number of aryl methyl sites for hydroxylation is 1. The number of nitrogens with one attached hydrogen (secondary N) is 3. The zero-order chi connectivity index (χ0) is 18.7. The van der Waals surface area contributed by atoms with Gasteiger partial charge >= 0.3 is 0 Å². The van der Waals surface area contributed by atoms with E-state index in [1.165, 1.54) is 11.3 Å². The standard InChI is InChI=1S/C18H23N7S/c1-11(2)23-17-14(21-8-13-9-22-25(4)10-13)7-15(18-20-5-6-26-18)24-16(17)12(3)19/h5-7,9-11,19,23H,8H2,1-4H3,(H,21,24). The highest BCUT2D eigenvalue weighted by molar-refractivity contribution is 7.13. The molecular formula is C18H23N7S.